The first-order valence-electron chi connectivity index (χ1n) is 9.57. The largest absolute Gasteiger partial charge is 0.490 e. The quantitative estimate of drug-likeness (QED) is 0.465. The van der Waals surface area contributed by atoms with Crippen LogP contribution in [0.1, 0.15) is 36.4 Å². The second-order valence-corrected chi connectivity index (χ2v) is 7.53. The van der Waals surface area contributed by atoms with Crippen LogP contribution < -0.4 is 9.47 Å². The van der Waals surface area contributed by atoms with Crippen molar-refractivity contribution in [2.45, 2.75) is 51.8 Å². The van der Waals surface area contributed by atoms with Crippen molar-refractivity contribution < 1.29 is 9.47 Å². The van der Waals surface area contributed by atoms with E-state index >= 15 is 0 Å². The number of nitrogens with zero attached hydrogens (tertiary/aromatic N) is 3. The molecule has 0 aliphatic heterocycles. The van der Waals surface area contributed by atoms with Crippen LogP contribution in [0.5, 0.6) is 11.5 Å². The maximum absolute atomic E-state index is 6.00. The SMILES string of the molecule is CCOc1cc(C)ccc1OCc1nnc(SCc2ccc(C)cc2)n1CC. The summed E-state index contributed by atoms with van der Waals surface area (Å²) in [6.07, 6.45) is 0. The molecule has 0 radical (unpaired) electrons. The van der Waals surface area contributed by atoms with Crippen LogP contribution >= 0.6 is 11.8 Å². The Morgan fingerprint density at radius 2 is 1.64 bits per heavy atom. The topological polar surface area (TPSA) is 49.2 Å². The molecular weight excluding hydrogens is 370 g/mol. The minimum atomic E-state index is 0.356. The molecule has 3 aromatic rings. The molecule has 0 amide bonds. The van der Waals surface area contributed by atoms with Gasteiger partial charge in [0.2, 0.25) is 0 Å². The van der Waals surface area contributed by atoms with Crippen LogP contribution in [0.3, 0.4) is 0 Å². The van der Waals surface area contributed by atoms with Gasteiger partial charge in [0, 0.05) is 12.3 Å². The van der Waals surface area contributed by atoms with Crippen LogP contribution in [0.2, 0.25) is 0 Å². The Balaban J connectivity index is 1.67. The van der Waals surface area contributed by atoms with Crippen molar-refractivity contribution in [3.63, 3.8) is 0 Å². The fourth-order valence-electron chi connectivity index (χ4n) is 2.83. The van der Waals surface area contributed by atoms with Crippen LogP contribution in [-0.4, -0.2) is 21.4 Å². The molecule has 0 atom stereocenters. The van der Waals surface area contributed by atoms with E-state index in [0.717, 1.165) is 40.3 Å². The molecule has 148 valence electrons. The number of hydrogen-bond acceptors (Lipinski definition) is 5. The molecule has 0 unspecified atom stereocenters. The van der Waals surface area contributed by atoms with Crippen molar-refractivity contribution in [1.82, 2.24) is 14.8 Å². The Morgan fingerprint density at radius 3 is 2.36 bits per heavy atom. The van der Waals surface area contributed by atoms with Crippen LogP contribution in [0.15, 0.2) is 47.6 Å². The molecule has 3 rings (SSSR count). The van der Waals surface area contributed by atoms with Crippen molar-refractivity contribution in [3.8, 4) is 11.5 Å². The predicted octanol–water partition coefficient (Wildman–Crippen LogP) is 5.18. The smallest absolute Gasteiger partial charge is 0.191 e. The average Bonchev–Trinajstić information content (AvgIpc) is 3.09. The summed E-state index contributed by atoms with van der Waals surface area (Å²) in [5.41, 5.74) is 3.69. The molecular formula is C22H27N3O2S. The molecule has 0 saturated heterocycles. The van der Waals surface area contributed by atoms with Crippen molar-refractivity contribution in [3.05, 3.63) is 65.0 Å². The van der Waals surface area contributed by atoms with E-state index in [1.165, 1.54) is 11.1 Å². The van der Waals surface area contributed by atoms with Gasteiger partial charge in [-0.25, -0.2) is 0 Å². The highest BCUT2D eigenvalue weighted by Crippen LogP contribution is 2.29. The lowest BCUT2D eigenvalue weighted by molar-refractivity contribution is 0.258. The number of aryl methyl sites for hydroxylation is 2. The highest BCUT2D eigenvalue weighted by Gasteiger charge is 2.13. The van der Waals surface area contributed by atoms with Crippen LogP contribution in [0.4, 0.5) is 0 Å². The third-order valence-corrected chi connectivity index (χ3v) is 5.39. The van der Waals surface area contributed by atoms with E-state index in [0.29, 0.717) is 13.2 Å². The van der Waals surface area contributed by atoms with Gasteiger partial charge in [-0.1, -0.05) is 47.7 Å². The van der Waals surface area contributed by atoms with E-state index in [1.807, 2.05) is 32.0 Å². The molecule has 0 saturated carbocycles. The van der Waals surface area contributed by atoms with Crippen molar-refractivity contribution in [2.24, 2.45) is 0 Å². The Kier molecular flexibility index (Phi) is 6.98. The van der Waals surface area contributed by atoms with E-state index in [1.54, 1.807) is 11.8 Å². The number of rotatable bonds is 9. The highest BCUT2D eigenvalue weighted by molar-refractivity contribution is 7.98. The van der Waals surface area contributed by atoms with Crippen molar-refractivity contribution >= 4 is 11.8 Å². The second-order valence-electron chi connectivity index (χ2n) is 6.59. The standard InChI is InChI=1S/C22H27N3O2S/c1-5-25-21(14-27-19-12-9-17(4)13-20(19)26-6-2)23-24-22(25)28-15-18-10-7-16(3)8-11-18/h7-13H,5-6,14-15H2,1-4H3. The van der Waals surface area contributed by atoms with Gasteiger partial charge in [0.1, 0.15) is 6.61 Å². The summed E-state index contributed by atoms with van der Waals surface area (Å²) in [4.78, 5) is 0. The van der Waals surface area contributed by atoms with Gasteiger partial charge in [-0.3, -0.25) is 0 Å². The number of ether oxygens (including phenoxy) is 2. The van der Waals surface area contributed by atoms with Gasteiger partial charge in [-0.05, 0) is 51.0 Å². The number of aromatic nitrogens is 3. The molecule has 0 bridgehead atoms. The highest BCUT2D eigenvalue weighted by atomic mass is 32.2. The van der Waals surface area contributed by atoms with Gasteiger partial charge < -0.3 is 14.0 Å². The van der Waals surface area contributed by atoms with Crippen LogP contribution in [-0.2, 0) is 18.9 Å². The van der Waals surface area contributed by atoms with E-state index < -0.39 is 0 Å². The molecule has 0 fully saturated rings. The first-order valence-corrected chi connectivity index (χ1v) is 10.6. The minimum Gasteiger partial charge on any atom is -0.490 e. The van der Waals surface area contributed by atoms with E-state index in [-0.39, 0.29) is 0 Å². The molecule has 0 N–H and O–H groups in total. The monoisotopic (exact) mass is 397 g/mol. The number of hydrogen-bond donors (Lipinski definition) is 0. The molecule has 28 heavy (non-hydrogen) atoms. The third kappa shape index (κ3) is 5.07. The lowest BCUT2D eigenvalue weighted by Gasteiger charge is -2.13. The van der Waals surface area contributed by atoms with E-state index in [4.69, 9.17) is 9.47 Å². The number of thioether (sulfide) groups is 1. The van der Waals surface area contributed by atoms with Gasteiger partial charge in [-0.15, -0.1) is 10.2 Å². The summed E-state index contributed by atoms with van der Waals surface area (Å²) >= 11 is 1.70. The normalized spacial score (nSPS) is 10.9. The molecule has 2 aromatic carbocycles. The summed E-state index contributed by atoms with van der Waals surface area (Å²) in [6, 6.07) is 14.5. The van der Waals surface area contributed by atoms with Crippen molar-refractivity contribution in [2.75, 3.05) is 6.61 Å². The van der Waals surface area contributed by atoms with E-state index in [9.17, 15) is 0 Å². The Morgan fingerprint density at radius 1 is 0.893 bits per heavy atom. The van der Waals surface area contributed by atoms with Crippen LogP contribution in [0.25, 0.3) is 0 Å². The first-order chi connectivity index (χ1) is 13.6. The van der Waals surface area contributed by atoms with Crippen molar-refractivity contribution in [1.29, 1.82) is 0 Å². The zero-order valence-electron chi connectivity index (χ0n) is 16.9. The number of benzene rings is 2. The zero-order valence-corrected chi connectivity index (χ0v) is 17.8. The van der Waals surface area contributed by atoms with Gasteiger partial charge in [0.05, 0.1) is 6.61 Å². The van der Waals surface area contributed by atoms with E-state index in [2.05, 4.69) is 52.9 Å². The summed E-state index contributed by atoms with van der Waals surface area (Å²) < 4.78 is 13.8. The van der Waals surface area contributed by atoms with Gasteiger partial charge in [-0.2, -0.15) is 0 Å². The third-order valence-electron chi connectivity index (χ3n) is 4.35. The van der Waals surface area contributed by atoms with Gasteiger partial charge >= 0.3 is 0 Å². The summed E-state index contributed by atoms with van der Waals surface area (Å²) in [5, 5.41) is 9.63. The fourth-order valence-corrected chi connectivity index (χ4v) is 3.80. The van der Waals surface area contributed by atoms with Gasteiger partial charge in [0.15, 0.2) is 22.5 Å². The fraction of sp³-hybridized carbons (Fsp3) is 0.364. The lowest BCUT2D eigenvalue weighted by Crippen LogP contribution is -2.08. The average molecular weight is 398 g/mol. The summed E-state index contributed by atoms with van der Waals surface area (Å²) in [7, 11) is 0. The Labute approximate surface area is 171 Å². The Hall–Kier alpha value is -2.47. The molecule has 1 heterocycles. The molecule has 5 nitrogen and oxygen atoms in total. The zero-order chi connectivity index (χ0) is 19.9. The van der Waals surface area contributed by atoms with Crippen LogP contribution in [0, 0.1) is 13.8 Å². The summed E-state index contributed by atoms with van der Waals surface area (Å²) in [6.45, 7) is 9.96. The minimum absolute atomic E-state index is 0.356. The maximum atomic E-state index is 6.00. The molecule has 0 spiro atoms. The lowest BCUT2D eigenvalue weighted by atomic mass is 10.2. The first kappa shape index (κ1) is 20.3. The second kappa shape index (κ2) is 9.64. The Bertz CT molecular complexity index is 907. The molecule has 0 aliphatic rings. The molecule has 1 aromatic heterocycles. The molecule has 0 aliphatic carbocycles. The molecule has 6 heteroatoms. The predicted molar refractivity (Wildman–Crippen MR) is 113 cm³/mol. The maximum Gasteiger partial charge on any atom is 0.191 e. The summed E-state index contributed by atoms with van der Waals surface area (Å²) in [5.74, 6) is 3.18. The van der Waals surface area contributed by atoms with Gasteiger partial charge in [0.25, 0.3) is 0 Å².